The van der Waals surface area contributed by atoms with Gasteiger partial charge >= 0.3 is 0 Å². The van der Waals surface area contributed by atoms with E-state index in [4.69, 9.17) is 4.74 Å². The Morgan fingerprint density at radius 1 is 1.11 bits per heavy atom. The normalized spacial score (nSPS) is 37.9. The number of hydrogen-bond donors (Lipinski definition) is 1. The molecule has 4 fully saturated rings. The summed E-state index contributed by atoms with van der Waals surface area (Å²) < 4.78 is 5.63. The molecule has 4 rings (SSSR count). The van der Waals surface area contributed by atoms with Crippen molar-refractivity contribution in [3.63, 3.8) is 0 Å². The quantitative estimate of drug-likeness (QED) is 0.822. The second kappa shape index (κ2) is 5.01. The zero-order chi connectivity index (χ0) is 12.7. The third kappa shape index (κ3) is 2.70. The summed E-state index contributed by atoms with van der Waals surface area (Å²) in [6, 6.07) is 1.76. The third-order valence-corrected chi connectivity index (χ3v) is 5.96. The van der Waals surface area contributed by atoms with E-state index in [1.54, 1.807) is 0 Å². The summed E-state index contributed by atoms with van der Waals surface area (Å²) in [4.78, 5) is 2.83. The highest BCUT2D eigenvalue weighted by Crippen LogP contribution is 2.41. The number of nitrogens with zero attached hydrogens (tertiary/aromatic N) is 1. The summed E-state index contributed by atoms with van der Waals surface area (Å²) >= 11 is 0. The van der Waals surface area contributed by atoms with Crippen LogP contribution in [0.5, 0.6) is 0 Å². The number of nitrogens with one attached hydrogen (secondary N) is 1. The first-order valence-electron chi connectivity index (χ1n) is 8.38. The van der Waals surface area contributed by atoms with Crippen molar-refractivity contribution in [1.29, 1.82) is 0 Å². The first-order valence-corrected chi connectivity index (χ1v) is 8.38. The molecule has 108 valence electrons. The summed E-state index contributed by atoms with van der Waals surface area (Å²) in [5.41, 5.74) is 0.505. The van der Waals surface area contributed by atoms with E-state index in [-0.39, 0.29) is 0 Å². The van der Waals surface area contributed by atoms with E-state index in [1.807, 2.05) is 0 Å². The summed E-state index contributed by atoms with van der Waals surface area (Å²) in [6.07, 6.45) is 9.79. The van der Waals surface area contributed by atoms with Gasteiger partial charge in [0, 0.05) is 44.9 Å². The summed E-state index contributed by atoms with van der Waals surface area (Å²) in [6.45, 7) is 5.91. The fraction of sp³-hybridized carbons (Fsp3) is 1.00. The van der Waals surface area contributed by atoms with Gasteiger partial charge in [0.25, 0.3) is 0 Å². The van der Waals surface area contributed by atoms with Crippen molar-refractivity contribution in [3.05, 3.63) is 0 Å². The number of piperidine rings is 1. The highest BCUT2D eigenvalue weighted by atomic mass is 16.5. The van der Waals surface area contributed by atoms with E-state index in [1.165, 1.54) is 64.6 Å². The maximum Gasteiger partial charge on any atom is 0.0472 e. The van der Waals surface area contributed by atoms with Crippen molar-refractivity contribution in [3.8, 4) is 0 Å². The first kappa shape index (κ1) is 12.6. The predicted octanol–water partition coefficient (Wildman–Crippen LogP) is 2.02. The lowest BCUT2D eigenvalue weighted by atomic mass is 9.79. The minimum atomic E-state index is 0.505. The minimum absolute atomic E-state index is 0.505. The minimum Gasteiger partial charge on any atom is -0.381 e. The Bertz CT molecular complexity index is 323. The fourth-order valence-corrected chi connectivity index (χ4v) is 4.49. The Morgan fingerprint density at radius 2 is 1.95 bits per heavy atom. The molecule has 3 nitrogen and oxygen atoms in total. The number of likely N-dealkylation sites (tertiary alicyclic amines) is 1. The van der Waals surface area contributed by atoms with Crippen LogP contribution in [0.2, 0.25) is 0 Å². The van der Waals surface area contributed by atoms with Crippen molar-refractivity contribution in [2.24, 2.45) is 11.3 Å². The molecule has 19 heavy (non-hydrogen) atoms. The van der Waals surface area contributed by atoms with E-state index in [0.29, 0.717) is 5.41 Å². The fourth-order valence-electron chi connectivity index (χ4n) is 4.49. The van der Waals surface area contributed by atoms with Gasteiger partial charge in [-0.15, -0.1) is 0 Å². The zero-order valence-electron chi connectivity index (χ0n) is 12.1. The Hall–Kier alpha value is -0.120. The molecule has 0 spiro atoms. The second-order valence-corrected chi connectivity index (χ2v) is 7.53. The molecule has 0 aromatic heterocycles. The van der Waals surface area contributed by atoms with Crippen LogP contribution in [0.4, 0.5) is 0 Å². The largest absolute Gasteiger partial charge is 0.381 e. The maximum atomic E-state index is 5.63. The van der Waals surface area contributed by atoms with Gasteiger partial charge in [-0.2, -0.15) is 0 Å². The summed E-state index contributed by atoms with van der Waals surface area (Å²) in [5.74, 6) is 1.03. The molecule has 0 aromatic rings. The lowest BCUT2D eigenvalue weighted by molar-refractivity contribution is -0.00951. The topological polar surface area (TPSA) is 24.5 Å². The molecule has 0 radical (unpaired) electrons. The van der Waals surface area contributed by atoms with Gasteiger partial charge < -0.3 is 10.1 Å². The van der Waals surface area contributed by atoms with Crippen LogP contribution < -0.4 is 5.32 Å². The molecule has 2 bridgehead atoms. The smallest absolute Gasteiger partial charge is 0.0472 e. The summed E-state index contributed by atoms with van der Waals surface area (Å²) in [7, 11) is 0. The molecule has 2 heterocycles. The van der Waals surface area contributed by atoms with Crippen molar-refractivity contribution >= 4 is 0 Å². The van der Waals surface area contributed by atoms with Crippen molar-refractivity contribution in [2.75, 3.05) is 32.8 Å². The van der Waals surface area contributed by atoms with Crippen molar-refractivity contribution in [2.45, 2.75) is 57.0 Å². The standard InChI is InChI=1S/C16H28N2O/c1-4-15-9-13(1)10-18(15)12-16(5-7-19-8-6-16)11-17-14-2-3-14/h13-15,17H,1-12H2. The molecule has 4 aliphatic rings. The molecule has 2 aliphatic heterocycles. The first-order chi connectivity index (χ1) is 9.33. The van der Waals surface area contributed by atoms with Crippen LogP contribution in [-0.2, 0) is 4.74 Å². The SMILES string of the molecule is C1CC(CNC2CC2)(CN2CC3CCC2C3)CCO1. The molecular weight excluding hydrogens is 236 g/mol. The molecule has 2 saturated carbocycles. The Morgan fingerprint density at radius 3 is 2.58 bits per heavy atom. The average molecular weight is 264 g/mol. The van der Waals surface area contributed by atoms with Crippen LogP contribution in [0.25, 0.3) is 0 Å². The number of hydrogen-bond acceptors (Lipinski definition) is 3. The Kier molecular flexibility index (Phi) is 3.33. The third-order valence-electron chi connectivity index (χ3n) is 5.96. The van der Waals surface area contributed by atoms with E-state index in [0.717, 1.165) is 31.2 Å². The van der Waals surface area contributed by atoms with Crippen LogP contribution in [-0.4, -0.2) is 49.8 Å². The molecule has 0 amide bonds. The zero-order valence-corrected chi connectivity index (χ0v) is 12.1. The monoisotopic (exact) mass is 264 g/mol. The van der Waals surface area contributed by atoms with Crippen LogP contribution in [0, 0.1) is 11.3 Å². The van der Waals surface area contributed by atoms with E-state index in [2.05, 4.69) is 10.2 Å². The molecule has 0 aromatic carbocycles. The second-order valence-electron chi connectivity index (χ2n) is 7.53. The lowest BCUT2D eigenvalue weighted by Gasteiger charge is -2.42. The van der Waals surface area contributed by atoms with Gasteiger partial charge in [-0.25, -0.2) is 0 Å². The highest BCUT2D eigenvalue weighted by Gasteiger charge is 2.43. The van der Waals surface area contributed by atoms with Crippen molar-refractivity contribution < 1.29 is 4.74 Å². The van der Waals surface area contributed by atoms with Gasteiger partial charge in [-0.3, -0.25) is 4.90 Å². The molecular formula is C16H28N2O. The molecule has 2 unspecified atom stereocenters. The van der Waals surface area contributed by atoms with Crippen LogP contribution in [0.3, 0.4) is 0 Å². The highest BCUT2D eigenvalue weighted by molar-refractivity contribution is 4.97. The van der Waals surface area contributed by atoms with Gasteiger partial charge in [0.15, 0.2) is 0 Å². The summed E-state index contributed by atoms with van der Waals surface area (Å²) in [5, 5.41) is 3.80. The van der Waals surface area contributed by atoms with Gasteiger partial charge in [0.1, 0.15) is 0 Å². The van der Waals surface area contributed by atoms with E-state index < -0.39 is 0 Å². The van der Waals surface area contributed by atoms with Gasteiger partial charge in [-0.05, 0) is 56.3 Å². The van der Waals surface area contributed by atoms with Crippen molar-refractivity contribution in [1.82, 2.24) is 10.2 Å². The van der Waals surface area contributed by atoms with E-state index >= 15 is 0 Å². The van der Waals surface area contributed by atoms with Gasteiger partial charge in [0.05, 0.1) is 0 Å². The van der Waals surface area contributed by atoms with Gasteiger partial charge in [-0.1, -0.05) is 0 Å². The Balaban J connectivity index is 1.40. The Labute approximate surface area is 117 Å². The van der Waals surface area contributed by atoms with E-state index in [9.17, 15) is 0 Å². The molecule has 3 heteroatoms. The number of ether oxygens (including phenoxy) is 1. The number of fused-ring (bicyclic) bond motifs is 2. The molecule has 2 saturated heterocycles. The van der Waals surface area contributed by atoms with Crippen LogP contribution >= 0.6 is 0 Å². The lowest BCUT2D eigenvalue weighted by Crippen LogP contribution is -2.49. The van der Waals surface area contributed by atoms with Crippen LogP contribution in [0.1, 0.15) is 44.9 Å². The molecule has 2 aliphatic carbocycles. The van der Waals surface area contributed by atoms with Crippen LogP contribution in [0.15, 0.2) is 0 Å². The average Bonchev–Trinajstić information content (AvgIpc) is 3.05. The predicted molar refractivity (Wildman–Crippen MR) is 76.2 cm³/mol. The maximum absolute atomic E-state index is 5.63. The number of rotatable bonds is 5. The molecule has 2 atom stereocenters. The van der Waals surface area contributed by atoms with Gasteiger partial charge in [0.2, 0.25) is 0 Å². The molecule has 1 N–H and O–H groups in total.